The molecule has 0 unspecified atom stereocenters. The second-order valence-corrected chi connectivity index (χ2v) is 1.10. The van der Waals surface area contributed by atoms with Crippen molar-refractivity contribution in [3.8, 4) is 0 Å². The Balaban J connectivity index is -0.0000000257. The van der Waals surface area contributed by atoms with Crippen LogP contribution in [0.3, 0.4) is 0 Å². The molecule has 0 aromatic heterocycles. The summed E-state index contributed by atoms with van der Waals surface area (Å²) in [5, 5.41) is 58.5. The largest absolute Gasteiger partial charge is 2.00 e. The molecule has 18 heavy (non-hydrogen) atoms. The van der Waals surface area contributed by atoms with Crippen LogP contribution in [0.25, 0.3) is 0 Å². The summed E-state index contributed by atoms with van der Waals surface area (Å²) in [7, 11) is 0. The van der Waals surface area contributed by atoms with E-state index in [0.29, 0.717) is 0 Å². The number of hydrogen-bond acceptors (Lipinski definition) is 6. The Kier molecular flexibility index (Phi) is 59.0. The first-order valence-electron chi connectivity index (χ1n) is 2.57. The molecule has 0 spiro atoms. The van der Waals surface area contributed by atoms with Crippen LogP contribution in [-0.2, 0) is 17.1 Å². The van der Waals surface area contributed by atoms with Crippen molar-refractivity contribution in [2.24, 2.45) is 0 Å². The van der Waals surface area contributed by atoms with Crippen molar-refractivity contribution >= 4 is 47.7 Å². The standard InChI is InChI=1S/4CH2O3.Fe.Mg/c4*2-1(3)4;;/h4*(H2,2,3,4);;/q;;;;;+2/p-2. The van der Waals surface area contributed by atoms with Crippen molar-refractivity contribution in [3.63, 3.8) is 0 Å². The predicted octanol–water partition coefficient (Wildman–Crippen LogP) is -2.16. The molecule has 0 radical (unpaired) electrons. The van der Waals surface area contributed by atoms with Gasteiger partial charge in [0.25, 0.3) is 0 Å². The van der Waals surface area contributed by atoms with E-state index in [-0.39, 0.29) is 40.1 Å². The summed E-state index contributed by atoms with van der Waals surface area (Å²) in [5.41, 5.74) is 0. The molecule has 14 heteroatoms. The van der Waals surface area contributed by atoms with E-state index in [1.54, 1.807) is 0 Å². The molecule has 0 aromatic carbocycles. The molecule has 6 N–H and O–H groups in total. The third-order valence-electron chi connectivity index (χ3n) is 0. The van der Waals surface area contributed by atoms with Crippen molar-refractivity contribution in [2.45, 2.75) is 0 Å². The van der Waals surface area contributed by atoms with E-state index in [9.17, 15) is 0 Å². The zero-order valence-electron chi connectivity index (χ0n) is 8.19. The van der Waals surface area contributed by atoms with Crippen LogP contribution in [0, 0.1) is 0 Å². The quantitative estimate of drug-likeness (QED) is 0.261. The third-order valence-corrected chi connectivity index (χ3v) is 0. The first-order chi connectivity index (χ1) is 6.93. The second kappa shape index (κ2) is 29.5. The van der Waals surface area contributed by atoms with Crippen LogP contribution in [0.15, 0.2) is 0 Å². The SMILES string of the molecule is O=C(O)O.O=C(O)O.O=C([O-])O.O=C([O-])O.[Fe].[Mg+2]. The van der Waals surface area contributed by atoms with Gasteiger partial charge in [0.2, 0.25) is 12.3 Å². The maximum Gasteiger partial charge on any atom is 2.00 e. The molecule has 0 aliphatic heterocycles. The molecule has 0 atom stereocenters. The first kappa shape index (κ1) is 36.0. The Labute approximate surface area is 125 Å². The van der Waals surface area contributed by atoms with Crippen LogP contribution in [0.2, 0.25) is 0 Å². The van der Waals surface area contributed by atoms with Gasteiger partial charge in [-0.2, -0.15) is 0 Å². The van der Waals surface area contributed by atoms with Crippen LogP contribution in [0.5, 0.6) is 0 Å². The molecule has 104 valence electrons. The summed E-state index contributed by atoms with van der Waals surface area (Å²) in [5.74, 6) is 0. The number of carbonyl (C=O) groups is 4. The molecule has 0 aliphatic carbocycles. The van der Waals surface area contributed by atoms with Crippen LogP contribution in [0.1, 0.15) is 0 Å². The zero-order valence-corrected chi connectivity index (χ0v) is 10.7. The molecular formula is C4H6FeMgO12. The van der Waals surface area contributed by atoms with Crippen molar-refractivity contribution in [2.75, 3.05) is 0 Å². The Morgan fingerprint density at radius 3 is 0.611 bits per heavy atom. The average molecular weight is 326 g/mol. The monoisotopic (exact) mass is 326 g/mol. The molecule has 0 saturated heterocycles. The minimum atomic E-state index is -2.08. The minimum Gasteiger partial charge on any atom is -0.565 e. The van der Waals surface area contributed by atoms with Gasteiger partial charge in [0.15, 0.2) is 0 Å². The van der Waals surface area contributed by atoms with E-state index in [0.717, 1.165) is 0 Å². The topological polar surface area (TPSA) is 236 Å². The summed E-state index contributed by atoms with van der Waals surface area (Å²) in [6, 6.07) is 0. The van der Waals surface area contributed by atoms with Gasteiger partial charge in [-0.1, -0.05) is 0 Å². The average Bonchev–Trinajstić information content (AvgIpc) is 1.76. The van der Waals surface area contributed by atoms with Crippen LogP contribution in [-0.4, -0.2) is 78.3 Å². The van der Waals surface area contributed by atoms with Gasteiger partial charge in [-0.05, 0) is 0 Å². The van der Waals surface area contributed by atoms with E-state index < -0.39 is 24.6 Å². The summed E-state index contributed by atoms with van der Waals surface area (Å²) in [6.45, 7) is 0. The summed E-state index contributed by atoms with van der Waals surface area (Å²) < 4.78 is 0. The smallest absolute Gasteiger partial charge is 0.565 e. The molecule has 12 nitrogen and oxygen atoms in total. The minimum absolute atomic E-state index is 0. The van der Waals surface area contributed by atoms with Crippen LogP contribution >= 0.6 is 0 Å². The normalized spacial score (nSPS) is 5.33. The maximum absolute atomic E-state index is 8.56. The predicted molar refractivity (Wildman–Crippen MR) is 43.1 cm³/mol. The fourth-order valence-electron chi connectivity index (χ4n) is 0. The molecule has 0 bridgehead atoms. The van der Waals surface area contributed by atoms with Gasteiger partial charge in [-0.25, -0.2) is 9.59 Å². The molecule has 0 aliphatic rings. The molecule has 0 fully saturated rings. The van der Waals surface area contributed by atoms with E-state index in [4.69, 9.17) is 60.0 Å². The Bertz CT molecular complexity index is 164. The zero-order chi connectivity index (χ0) is 14.3. The van der Waals surface area contributed by atoms with Crippen molar-refractivity contribution in [1.82, 2.24) is 0 Å². The summed E-state index contributed by atoms with van der Waals surface area (Å²) >= 11 is 0. The van der Waals surface area contributed by atoms with Crippen molar-refractivity contribution in [3.05, 3.63) is 0 Å². The van der Waals surface area contributed by atoms with Gasteiger partial charge < -0.3 is 50.4 Å². The van der Waals surface area contributed by atoms with E-state index >= 15 is 0 Å². The summed E-state index contributed by atoms with van der Waals surface area (Å²) in [4.78, 5) is 34.0. The number of carboxylic acid groups (broad SMARTS) is 8. The van der Waals surface area contributed by atoms with Crippen molar-refractivity contribution in [1.29, 1.82) is 0 Å². The molecular weight excluding hydrogens is 320 g/mol. The second-order valence-electron chi connectivity index (χ2n) is 1.10. The molecule has 0 aromatic rings. The van der Waals surface area contributed by atoms with Crippen LogP contribution < -0.4 is 10.2 Å². The Morgan fingerprint density at radius 2 is 0.611 bits per heavy atom. The number of rotatable bonds is 0. The van der Waals surface area contributed by atoms with Gasteiger partial charge in [-0.3, -0.25) is 0 Å². The van der Waals surface area contributed by atoms with Gasteiger partial charge in [0.05, 0.1) is 0 Å². The van der Waals surface area contributed by atoms with Crippen molar-refractivity contribution < 1.29 is 77.1 Å². The van der Waals surface area contributed by atoms with E-state index in [2.05, 4.69) is 0 Å². The van der Waals surface area contributed by atoms with Gasteiger partial charge >= 0.3 is 35.4 Å². The van der Waals surface area contributed by atoms with Gasteiger partial charge in [-0.15, -0.1) is 0 Å². The molecule has 0 rings (SSSR count). The van der Waals surface area contributed by atoms with Crippen LogP contribution in [0.4, 0.5) is 19.2 Å². The fourth-order valence-corrected chi connectivity index (χ4v) is 0. The summed E-state index contributed by atoms with van der Waals surface area (Å²) in [6.07, 6.45) is -7.83. The molecule has 0 saturated carbocycles. The molecule has 0 heterocycles. The van der Waals surface area contributed by atoms with Gasteiger partial charge in [0.1, 0.15) is 0 Å². The Morgan fingerprint density at radius 1 is 0.611 bits per heavy atom. The molecule has 0 amide bonds. The third kappa shape index (κ3) is 961. The van der Waals surface area contributed by atoms with E-state index in [1.165, 1.54) is 0 Å². The first-order valence-corrected chi connectivity index (χ1v) is 2.57. The number of hydrogen-bond donors (Lipinski definition) is 6. The van der Waals surface area contributed by atoms with Gasteiger partial charge in [0, 0.05) is 17.1 Å². The fraction of sp³-hybridized carbons (Fsp3) is 0. The maximum atomic E-state index is 8.56. The van der Waals surface area contributed by atoms with E-state index in [1.807, 2.05) is 0 Å². The Hall–Kier alpha value is -1.63.